The number of benzene rings is 1. The van der Waals surface area contributed by atoms with Crippen LogP contribution in [-0.4, -0.2) is 13.7 Å². The van der Waals surface area contributed by atoms with Gasteiger partial charge in [-0.25, -0.2) is 0 Å². The molecular formula is C11H16BrNO. The summed E-state index contributed by atoms with van der Waals surface area (Å²) < 4.78 is 6.28. The lowest BCUT2D eigenvalue weighted by Crippen LogP contribution is -2.05. The third-order valence-electron chi connectivity index (χ3n) is 2.34. The fourth-order valence-corrected chi connectivity index (χ4v) is 2.29. The van der Waals surface area contributed by atoms with Crippen LogP contribution in [0.15, 0.2) is 22.7 Å². The zero-order chi connectivity index (χ0) is 10.6. The van der Waals surface area contributed by atoms with Crippen molar-refractivity contribution in [2.75, 3.05) is 13.7 Å². The van der Waals surface area contributed by atoms with Crippen LogP contribution in [0.2, 0.25) is 0 Å². The third-order valence-corrected chi connectivity index (χ3v) is 3.19. The van der Waals surface area contributed by atoms with Crippen LogP contribution in [0, 0.1) is 0 Å². The minimum absolute atomic E-state index is 0.462. The maximum absolute atomic E-state index is 5.54. The Morgan fingerprint density at radius 1 is 1.50 bits per heavy atom. The van der Waals surface area contributed by atoms with Gasteiger partial charge in [0.1, 0.15) is 5.75 Å². The summed E-state index contributed by atoms with van der Waals surface area (Å²) in [4.78, 5) is 0. The quantitative estimate of drug-likeness (QED) is 0.901. The maximum Gasteiger partial charge on any atom is 0.133 e. The molecule has 0 heterocycles. The first-order valence-electron chi connectivity index (χ1n) is 4.73. The van der Waals surface area contributed by atoms with Gasteiger partial charge in [-0.3, -0.25) is 0 Å². The molecule has 0 aliphatic rings. The molecule has 0 aliphatic carbocycles. The van der Waals surface area contributed by atoms with Gasteiger partial charge in [-0.2, -0.15) is 0 Å². The largest absolute Gasteiger partial charge is 0.496 e. The third kappa shape index (κ3) is 2.49. The molecular weight excluding hydrogens is 242 g/mol. The van der Waals surface area contributed by atoms with Crippen LogP contribution >= 0.6 is 15.9 Å². The van der Waals surface area contributed by atoms with Crippen molar-refractivity contribution >= 4 is 15.9 Å². The van der Waals surface area contributed by atoms with Gasteiger partial charge in [0.25, 0.3) is 0 Å². The van der Waals surface area contributed by atoms with Crippen molar-refractivity contribution in [3.63, 3.8) is 0 Å². The topological polar surface area (TPSA) is 35.2 Å². The molecule has 2 nitrogen and oxygen atoms in total. The van der Waals surface area contributed by atoms with Gasteiger partial charge >= 0.3 is 0 Å². The summed E-state index contributed by atoms with van der Waals surface area (Å²) in [5.41, 5.74) is 6.80. The average Bonchev–Trinajstić information content (AvgIpc) is 2.18. The number of hydrogen-bond donors (Lipinski definition) is 1. The SMILES string of the molecule is COc1cccc(C(C)CCN)c1Br. The molecule has 0 aromatic heterocycles. The molecule has 1 atom stereocenters. The highest BCUT2D eigenvalue weighted by atomic mass is 79.9. The van der Waals surface area contributed by atoms with Crippen LogP contribution in [0.5, 0.6) is 5.75 Å². The molecule has 0 aliphatic heterocycles. The Bertz CT molecular complexity index is 301. The van der Waals surface area contributed by atoms with Crippen molar-refractivity contribution in [1.82, 2.24) is 0 Å². The van der Waals surface area contributed by atoms with Gasteiger partial charge in [0, 0.05) is 0 Å². The monoisotopic (exact) mass is 257 g/mol. The van der Waals surface area contributed by atoms with Gasteiger partial charge in [0.05, 0.1) is 11.6 Å². The first-order chi connectivity index (χ1) is 6.70. The number of rotatable bonds is 4. The summed E-state index contributed by atoms with van der Waals surface area (Å²) >= 11 is 3.55. The number of ether oxygens (including phenoxy) is 1. The number of nitrogens with two attached hydrogens (primary N) is 1. The van der Waals surface area contributed by atoms with E-state index in [-0.39, 0.29) is 0 Å². The van der Waals surface area contributed by atoms with Crippen molar-refractivity contribution in [2.45, 2.75) is 19.3 Å². The van der Waals surface area contributed by atoms with Gasteiger partial charge in [-0.1, -0.05) is 19.1 Å². The molecule has 0 radical (unpaired) electrons. The second kappa shape index (κ2) is 5.37. The molecule has 0 spiro atoms. The summed E-state index contributed by atoms with van der Waals surface area (Å²) in [5.74, 6) is 1.34. The molecule has 1 rings (SSSR count). The van der Waals surface area contributed by atoms with Crippen molar-refractivity contribution in [2.24, 2.45) is 5.73 Å². The van der Waals surface area contributed by atoms with E-state index in [4.69, 9.17) is 10.5 Å². The summed E-state index contributed by atoms with van der Waals surface area (Å²) in [5, 5.41) is 0. The van der Waals surface area contributed by atoms with Crippen LogP contribution in [-0.2, 0) is 0 Å². The van der Waals surface area contributed by atoms with Crippen molar-refractivity contribution in [3.05, 3.63) is 28.2 Å². The highest BCUT2D eigenvalue weighted by Crippen LogP contribution is 2.33. The summed E-state index contributed by atoms with van der Waals surface area (Å²) in [6.07, 6.45) is 0.992. The Morgan fingerprint density at radius 3 is 2.79 bits per heavy atom. The van der Waals surface area contributed by atoms with E-state index in [2.05, 4.69) is 28.9 Å². The normalized spacial score (nSPS) is 12.6. The van der Waals surface area contributed by atoms with Crippen molar-refractivity contribution < 1.29 is 4.74 Å². The molecule has 0 bridgehead atoms. The lowest BCUT2D eigenvalue weighted by atomic mass is 9.98. The fraction of sp³-hybridized carbons (Fsp3) is 0.455. The first-order valence-corrected chi connectivity index (χ1v) is 5.52. The Morgan fingerprint density at radius 2 is 2.21 bits per heavy atom. The molecule has 1 unspecified atom stereocenters. The van der Waals surface area contributed by atoms with E-state index in [1.807, 2.05) is 12.1 Å². The first kappa shape index (κ1) is 11.5. The van der Waals surface area contributed by atoms with Gasteiger partial charge in [0.2, 0.25) is 0 Å². The molecule has 0 fully saturated rings. The molecule has 14 heavy (non-hydrogen) atoms. The number of halogens is 1. The Hall–Kier alpha value is -0.540. The van der Waals surface area contributed by atoms with E-state index in [1.54, 1.807) is 7.11 Å². The van der Waals surface area contributed by atoms with Gasteiger partial charge in [-0.15, -0.1) is 0 Å². The highest BCUT2D eigenvalue weighted by molar-refractivity contribution is 9.10. The zero-order valence-corrected chi connectivity index (χ0v) is 10.2. The molecule has 3 heteroatoms. The van der Waals surface area contributed by atoms with E-state index in [0.717, 1.165) is 16.6 Å². The lowest BCUT2D eigenvalue weighted by Gasteiger charge is -2.14. The highest BCUT2D eigenvalue weighted by Gasteiger charge is 2.11. The summed E-state index contributed by atoms with van der Waals surface area (Å²) in [7, 11) is 1.68. The standard InChI is InChI=1S/C11H16BrNO/c1-8(6-7-13)9-4-3-5-10(14-2)11(9)12/h3-5,8H,6-7,13H2,1-2H3. The van der Waals surface area contributed by atoms with E-state index in [1.165, 1.54) is 5.56 Å². The van der Waals surface area contributed by atoms with Crippen LogP contribution in [0.25, 0.3) is 0 Å². The minimum Gasteiger partial charge on any atom is -0.496 e. The van der Waals surface area contributed by atoms with E-state index < -0.39 is 0 Å². The fourth-order valence-electron chi connectivity index (χ4n) is 1.47. The predicted molar refractivity (Wildman–Crippen MR) is 62.8 cm³/mol. The van der Waals surface area contributed by atoms with Gasteiger partial charge in [-0.05, 0) is 46.4 Å². The molecule has 1 aromatic rings. The molecule has 0 saturated carbocycles. The van der Waals surface area contributed by atoms with Crippen LogP contribution < -0.4 is 10.5 Å². The minimum atomic E-state index is 0.462. The smallest absolute Gasteiger partial charge is 0.133 e. The Balaban J connectivity index is 2.96. The molecule has 78 valence electrons. The molecule has 2 N–H and O–H groups in total. The Labute approximate surface area is 93.6 Å². The number of hydrogen-bond acceptors (Lipinski definition) is 2. The van der Waals surface area contributed by atoms with Crippen LogP contribution in [0.4, 0.5) is 0 Å². The predicted octanol–water partition coefficient (Wildman–Crippen LogP) is 2.91. The van der Waals surface area contributed by atoms with Crippen molar-refractivity contribution in [3.8, 4) is 5.75 Å². The zero-order valence-electron chi connectivity index (χ0n) is 8.59. The Kier molecular flexibility index (Phi) is 4.42. The van der Waals surface area contributed by atoms with E-state index >= 15 is 0 Å². The second-order valence-corrected chi connectivity index (χ2v) is 4.13. The average molecular weight is 258 g/mol. The van der Waals surface area contributed by atoms with Gasteiger partial charge in [0.15, 0.2) is 0 Å². The molecule has 0 amide bonds. The lowest BCUT2D eigenvalue weighted by molar-refractivity contribution is 0.411. The maximum atomic E-state index is 5.54. The summed E-state index contributed by atoms with van der Waals surface area (Å²) in [6, 6.07) is 6.06. The van der Waals surface area contributed by atoms with Gasteiger partial charge < -0.3 is 10.5 Å². The molecule has 1 aromatic carbocycles. The molecule has 0 saturated heterocycles. The van der Waals surface area contributed by atoms with Crippen LogP contribution in [0.3, 0.4) is 0 Å². The van der Waals surface area contributed by atoms with E-state index in [0.29, 0.717) is 12.5 Å². The van der Waals surface area contributed by atoms with Crippen molar-refractivity contribution in [1.29, 1.82) is 0 Å². The number of methoxy groups -OCH3 is 1. The van der Waals surface area contributed by atoms with E-state index in [9.17, 15) is 0 Å². The second-order valence-electron chi connectivity index (χ2n) is 3.34. The summed E-state index contributed by atoms with van der Waals surface area (Å²) in [6.45, 7) is 2.89. The van der Waals surface area contributed by atoms with Crippen LogP contribution in [0.1, 0.15) is 24.8 Å².